The first-order valence-corrected chi connectivity index (χ1v) is 5.30. The third-order valence-electron chi connectivity index (χ3n) is 1.57. The second-order valence-electron chi connectivity index (χ2n) is 2.48. The van der Waals surface area contributed by atoms with Gasteiger partial charge in [-0.05, 0) is 25.6 Å². The van der Waals surface area contributed by atoms with Crippen molar-refractivity contribution in [2.45, 2.75) is 20.3 Å². The molecule has 1 heterocycles. The molecule has 0 amide bonds. The molecule has 5 heteroatoms. The Kier molecular flexibility index (Phi) is 3.68. The molecule has 1 rings (SSSR count). The largest absolute Gasteiger partial charge is 0.347 e. The van der Waals surface area contributed by atoms with Crippen molar-refractivity contribution in [1.82, 2.24) is 10.2 Å². The van der Waals surface area contributed by atoms with Crippen LogP contribution in [0.1, 0.15) is 20.3 Å². The van der Waals surface area contributed by atoms with E-state index in [1.54, 1.807) is 0 Å². The highest BCUT2D eigenvalue weighted by atomic mass is 32.1. The van der Waals surface area contributed by atoms with Crippen LogP contribution in [0, 0.1) is 3.95 Å². The van der Waals surface area contributed by atoms with E-state index in [-0.39, 0.29) is 0 Å². The molecule has 1 aromatic heterocycles. The molecular formula is C7H13N3S2. The quantitative estimate of drug-likeness (QED) is 0.763. The van der Waals surface area contributed by atoms with Gasteiger partial charge in [-0.15, -0.1) is 5.10 Å². The molecule has 0 saturated heterocycles. The molecule has 0 fully saturated rings. The third kappa shape index (κ3) is 2.28. The molecule has 1 N–H and O–H groups in total. The molecule has 0 unspecified atom stereocenters. The summed E-state index contributed by atoms with van der Waals surface area (Å²) in [5.41, 5.74) is 0. The minimum Gasteiger partial charge on any atom is -0.347 e. The van der Waals surface area contributed by atoms with Crippen molar-refractivity contribution in [3.63, 3.8) is 0 Å². The lowest BCUT2D eigenvalue weighted by molar-refractivity contribution is 0.780. The molecular weight excluding hydrogens is 190 g/mol. The molecule has 0 radical (unpaired) electrons. The molecule has 0 saturated carbocycles. The van der Waals surface area contributed by atoms with Crippen LogP contribution in [0.4, 0.5) is 5.13 Å². The Hall–Kier alpha value is -0.420. The van der Waals surface area contributed by atoms with Crippen molar-refractivity contribution in [2.75, 3.05) is 18.0 Å². The van der Waals surface area contributed by atoms with E-state index in [0.717, 1.165) is 28.6 Å². The molecule has 0 bridgehead atoms. The molecule has 68 valence electrons. The smallest absolute Gasteiger partial charge is 0.206 e. The number of hydrogen-bond acceptors (Lipinski definition) is 4. The summed E-state index contributed by atoms with van der Waals surface area (Å²) in [7, 11) is 0. The molecule has 0 atom stereocenters. The molecule has 12 heavy (non-hydrogen) atoms. The Morgan fingerprint density at radius 2 is 2.33 bits per heavy atom. The zero-order valence-corrected chi connectivity index (χ0v) is 8.97. The second kappa shape index (κ2) is 4.57. The summed E-state index contributed by atoms with van der Waals surface area (Å²) in [6, 6.07) is 0. The van der Waals surface area contributed by atoms with Crippen LogP contribution in [0.5, 0.6) is 0 Å². The minimum absolute atomic E-state index is 0.750. The number of H-pyrrole nitrogens is 1. The Morgan fingerprint density at radius 1 is 1.58 bits per heavy atom. The van der Waals surface area contributed by atoms with E-state index >= 15 is 0 Å². The SMILES string of the molecule is CCCN(CC)c1n[nH]c(=S)s1. The van der Waals surface area contributed by atoms with E-state index in [9.17, 15) is 0 Å². The van der Waals surface area contributed by atoms with E-state index in [2.05, 4.69) is 28.9 Å². The van der Waals surface area contributed by atoms with Crippen molar-refractivity contribution in [2.24, 2.45) is 0 Å². The molecule has 1 aromatic rings. The summed E-state index contributed by atoms with van der Waals surface area (Å²) in [5.74, 6) is 0. The lowest BCUT2D eigenvalue weighted by atomic mass is 10.4. The summed E-state index contributed by atoms with van der Waals surface area (Å²) >= 11 is 6.49. The normalized spacial score (nSPS) is 10.2. The van der Waals surface area contributed by atoms with Crippen molar-refractivity contribution in [3.05, 3.63) is 3.95 Å². The zero-order valence-electron chi connectivity index (χ0n) is 7.33. The zero-order chi connectivity index (χ0) is 8.97. The maximum atomic E-state index is 4.96. The monoisotopic (exact) mass is 203 g/mol. The van der Waals surface area contributed by atoms with E-state index in [0.29, 0.717) is 0 Å². The summed E-state index contributed by atoms with van der Waals surface area (Å²) < 4.78 is 0.750. The van der Waals surface area contributed by atoms with Gasteiger partial charge in [-0.1, -0.05) is 18.3 Å². The first-order chi connectivity index (χ1) is 5.77. The number of aromatic amines is 1. The highest BCUT2D eigenvalue weighted by molar-refractivity contribution is 7.73. The van der Waals surface area contributed by atoms with Gasteiger partial charge < -0.3 is 4.90 Å². The van der Waals surface area contributed by atoms with Gasteiger partial charge in [-0.25, -0.2) is 0 Å². The number of aromatic nitrogens is 2. The number of anilines is 1. The predicted octanol–water partition coefficient (Wildman–Crippen LogP) is 2.44. The Labute approximate surface area is 81.4 Å². The number of nitrogens with one attached hydrogen (secondary N) is 1. The van der Waals surface area contributed by atoms with Gasteiger partial charge in [0, 0.05) is 13.1 Å². The summed E-state index contributed by atoms with van der Waals surface area (Å²) in [6.07, 6.45) is 1.14. The lowest BCUT2D eigenvalue weighted by Gasteiger charge is -2.17. The number of nitrogens with zero attached hydrogens (tertiary/aromatic N) is 2. The van der Waals surface area contributed by atoms with Gasteiger partial charge in [0.05, 0.1) is 0 Å². The number of rotatable bonds is 4. The highest BCUT2D eigenvalue weighted by Crippen LogP contribution is 2.16. The maximum Gasteiger partial charge on any atom is 0.206 e. The molecule has 0 aliphatic rings. The molecule has 0 spiro atoms. The van der Waals surface area contributed by atoms with E-state index < -0.39 is 0 Å². The van der Waals surface area contributed by atoms with Crippen LogP contribution in [0.15, 0.2) is 0 Å². The van der Waals surface area contributed by atoms with Crippen LogP contribution in [0.25, 0.3) is 0 Å². The van der Waals surface area contributed by atoms with Crippen LogP contribution in [0.2, 0.25) is 0 Å². The van der Waals surface area contributed by atoms with Gasteiger partial charge >= 0.3 is 0 Å². The predicted molar refractivity (Wildman–Crippen MR) is 55.5 cm³/mol. The van der Waals surface area contributed by atoms with E-state index in [1.165, 1.54) is 11.3 Å². The molecule has 0 aromatic carbocycles. The van der Waals surface area contributed by atoms with Gasteiger partial charge in [0.2, 0.25) is 5.13 Å². The Bertz CT molecular complexity index is 278. The maximum absolute atomic E-state index is 4.96. The summed E-state index contributed by atoms with van der Waals surface area (Å²) in [5, 5.41) is 7.91. The van der Waals surface area contributed by atoms with Gasteiger partial charge in [0.15, 0.2) is 3.95 Å². The van der Waals surface area contributed by atoms with Crippen LogP contribution in [-0.4, -0.2) is 23.3 Å². The van der Waals surface area contributed by atoms with Gasteiger partial charge in [-0.2, -0.15) is 0 Å². The topological polar surface area (TPSA) is 31.9 Å². The van der Waals surface area contributed by atoms with Crippen LogP contribution in [-0.2, 0) is 0 Å². The van der Waals surface area contributed by atoms with Crippen LogP contribution < -0.4 is 4.90 Å². The van der Waals surface area contributed by atoms with Crippen molar-refractivity contribution >= 4 is 28.7 Å². The van der Waals surface area contributed by atoms with Gasteiger partial charge in [0.25, 0.3) is 0 Å². The van der Waals surface area contributed by atoms with Crippen molar-refractivity contribution in [1.29, 1.82) is 0 Å². The summed E-state index contributed by atoms with van der Waals surface area (Å²) in [6.45, 7) is 6.32. The average molecular weight is 203 g/mol. The van der Waals surface area contributed by atoms with E-state index in [1.807, 2.05) is 0 Å². The average Bonchev–Trinajstić information content (AvgIpc) is 2.47. The minimum atomic E-state index is 0.750. The Balaban J connectivity index is 2.72. The van der Waals surface area contributed by atoms with Gasteiger partial charge in [-0.3, -0.25) is 5.10 Å². The first kappa shape index (κ1) is 9.67. The lowest BCUT2D eigenvalue weighted by Crippen LogP contribution is -2.23. The fraction of sp³-hybridized carbons (Fsp3) is 0.714. The standard InChI is InChI=1S/C7H13N3S2/c1-3-5-10(4-2)6-8-9-7(11)12-6/h3-5H2,1-2H3,(H,9,11). The molecule has 0 aliphatic heterocycles. The number of hydrogen-bond donors (Lipinski definition) is 1. The Morgan fingerprint density at radius 3 is 2.75 bits per heavy atom. The third-order valence-corrected chi connectivity index (χ3v) is 2.72. The fourth-order valence-electron chi connectivity index (χ4n) is 1.02. The molecule has 3 nitrogen and oxygen atoms in total. The second-order valence-corrected chi connectivity index (χ2v) is 4.12. The van der Waals surface area contributed by atoms with Crippen molar-refractivity contribution in [3.8, 4) is 0 Å². The first-order valence-electron chi connectivity index (χ1n) is 4.08. The van der Waals surface area contributed by atoms with Crippen LogP contribution >= 0.6 is 23.6 Å². The highest BCUT2D eigenvalue weighted by Gasteiger charge is 2.05. The summed E-state index contributed by atoms with van der Waals surface area (Å²) in [4.78, 5) is 2.22. The fourth-order valence-corrected chi connectivity index (χ4v) is 1.98. The van der Waals surface area contributed by atoms with Gasteiger partial charge in [0.1, 0.15) is 0 Å². The molecule has 0 aliphatic carbocycles. The van der Waals surface area contributed by atoms with Crippen LogP contribution in [0.3, 0.4) is 0 Å². The van der Waals surface area contributed by atoms with E-state index in [4.69, 9.17) is 12.2 Å². The van der Waals surface area contributed by atoms with Crippen molar-refractivity contribution < 1.29 is 0 Å².